The Bertz CT molecular complexity index is 440. The number of rotatable bonds is 6. The Morgan fingerprint density at radius 3 is 2.78 bits per heavy atom. The van der Waals surface area contributed by atoms with Gasteiger partial charge < -0.3 is 4.74 Å². The minimum Gasteiger partial charge on any atom is -0.492 e. The molecule has 4 heteroatoms. The summed E-state index contributed by atoms with van der Waals surface area (Å²) in [5.74, 6) is 1.24. The molecule has 0 aliphatic heterocycles. The van der Waals surface area contributed by atoms with Gasteiger partial charge in [-0.2, -0.15) is 5.26 Å². The molecule has 1 aromatic rings. The van der Waals surface area contributed by atoms with Crippen LogP contribution in [0.5, 0.6) is 5.75 Å². The van der Waals surface area contributed by atoms with Gasteiger partial charge in [0.2, 0.25) is 0 Å². The highest BCUT2D eigenvalue weighted by Gasteiger charge is 2.16. The number of benzene rings is 1. The highest BCUT2D eigenvalue weighted by molar-refractivity contribution is 9.10. The SMILES string of the molecule is CC(C)(C#N)CCCOc1c(Br)cccc1CCl. The van der Waals surface area contributed by atoms with Crippen LogP contribution in [0.1, 0.15) is 32.3 Å². The lowest BCUT2D eigenvalue weighted by molar-refractivity contribution is 0.281. The molecule has 1 rings (SSSR count). The van der Waals surface area contributed by atoms with Gasteiger partial charge in [-0.15, -0.1) is 11.6 Å². The number of hydrogen-bond donors (Lipinski definition) is 0. The van der Waals surface area contributed by atoms with Gasteiger partial charge in [0.05, 0.1) is 28.4 Å². The van der Waals surface area contributed by atoms with E-state index in [9.17, 15) is 0 Å². The third-order valence-electron chi connectivity index (χ3n) is 2.69. The average molecular weight is 331 g/mol. The lowest BCUT2D eigenvalue weighted by atomic mass is 9.90. The molecule has 0 amide bonds. The first-order valence-electron chi connectivity index (χ1n) is 5.87. The number of alkyl halides is 1. The molecule has 0 N–H and O–H groups in total. The smallest absolute Gasteiger partial charge is 0.137 e. The van der Waals surface area contributed by atoms with Crippen LogP contribution in [0.4, 0.5) is 0 Å². The summed E-state index contributed by atoms with van der Waals surface area (Å²) in [7, 11) is 0. The molecule has 2 nitrogen and oxygen atoms in total. The highest BCUT2D eigenvalue weighted by Crippen LogP contribution is 2.30. The van der Waals surface area contributed by atoms with E-state index in [4.69, 9.17) is 21.6 Å². The first-order chi connectivity index (χ1) is 8.50. The quantitative estimate of drug-likeness (QED) is 0.549. The predicted octanol–water partition coefficient (Wildman–Crippen LogP) is 4.90. The Morgan fingerprint density at radius 1 is 1.44 bits per heavy atom. The van der Waals surface area contributed by atoms with E-state index in [-0.39, 0.29) is 5.41 Å². The first kappa shape index (κ1) is 15.3. The van der Waals surface area contributed by atoms with Crippen molar-refractivity contribution in [3.8, 4) is 11.8 Å². The summed E-state index contributed by atoms with van der Waals surface area (Å²) in [4.78, 5) is 0. The van der Waals surface area contributed by atoms with Gasteiger partial charge in [-0.25, -0.2) is 0 Å². The second-order valence-corrected chi connectivity index (χ2v) is 5.93. The molecule has 0 spiro atoms. The molecule has 18 heavy (non-hydrogen) atoms. The molecule has 98 valence electrons. The minimum absolute atomic E-state index is 0.285. The maximum atomic E-state index is 8.92. The fraction of sp³-hybridized carbons (Fsp3) is 0.500. The van der Waals surface area contributed by atoms with Crippen LogP contribution in [0.15, 0.2) is 22.7 Å². The first-order valence-corrected chi connectivity index (χ1v) is 7.20. The van der Waals surface area contributed by atoms with Crippen LogP contribution in [0.2, 0.25) is 0 Å². The van der Waals surface area contributed by atoms with Crippen molar-refractivity contribution >= 4 is 27.5 Å². The van der Waals surface area contributed by atoms with Crippen molar-refractivity contribution in [3.63, 3.8) is 0 Å². The van der Waals surface area contributed by atoms with Gasteiger partial charge in [-0.1, -0.05) is 12.1 Å². The largest absolute Gasteiger partial charge is 0.492 e. The second-order valence-electron chi connectivity index (χ2n) is 4.81. The van der Waals surface area contributed by atoms with Crippen molar-refractivity contribution < 1.29 is 4.74 Å². The van der Waals surface area contributed by atoms with Crippen molar-refractivity contribution in [3.05, 3.63) is 28.2 Å². The molecule has 1 aromatic carbocycles. The number of ether oxygens (including phenoxy) is 1. The summed E-state index contributed by atoms with van der Waals surface area (Å²) in [5.41, 5.74) is 0.692. The standard InChI is InChI=1S/C14H17BrClNO/c1-14(2,10-17)7-4-8-18-13-11(9-16)5-3-6-12(13)15/h3,5-6H,4,7-9H2,1-2H3. The van der Waals surface area contributed by atoms with Gasteiger partial charge in [0.1, 0.15) is 5.75 Å². The van der Waals surface area contributed by atoms with Crippen molar-refractivity contribution in [2.45, 2.75) is 32.6 Å². The van der Waals surface area contributed by atoms with Crippen molar-refractivity contribution in [2.75, 3.05) is 6.61 Å². The van der Waals surface area contributed by atoms with Gasteiger partial charge in [0, 0.05) is 5.56 Å². The average Bonchev–Trinajstić information content (AvgIpc) is 2.36. The molecule has 0 fully saturated rings. The van der Waals surface area contributed by atoms with Crippen LogP contribution in [0, 0.1) is 16.7 Å². The van der Waals surface area contributed by atoms with Crippen LogP contribution in [0.3, 0.4) is 0 Å². The van der Waals surface area contributed by atoms with E-state index in [1.807, 2.05) is 32.0 Å². The van der Waals surface area contributed by atoms with Crippen molar-refractivity contribution in [1.82, 2.24) is 0 Å². The van der Waals surface area contributed by atoms with Gasteiger partial charge in [-0.3, -0.25) is 0 Å². The van der Waals surface area contributed by atoms with Gasteiger partial charge in [0.25, 0.3) is 0 Å². The molecule has 0 radical (unpaired) electrons. The number of nitriles is 1. The Labute approximate surface area is 122 Å². The molecule has 0 atom stereocenters. The normalized spacial score (nSPS) is 11.1. The van der Waals surface area contributed by atoms with E-state index in [1.54, 1.807) is 0 Å². The maximum Gasteiger partial charge on any atom is 0.137 e. The van der Waals surface area contributed by atoms with Gasteiger partial charge in [-0.05, 0) is 48.7 Å². The summed E-state index contributed by atoms with van der Waals surface area (Å²) in [6.07, 6.45) is 1.67. The van der Waals surface area contributed by atoms with Crippen LogP contribution in [0.25, 0.3) is 0 Å². The molecule has 0 saturated heterocycles. The Balaban J connectivity index is 2.52. The van der Waals surface area contributed by atoms with E-state index in [0.29, 0.717) is 12.5 Å². The van der Waals surface area contributed by atoms with Crippen molar-refractivity contribution in [1.29, 1.82) is 5.26 Å². The number of para-hydroxylation sites is 1. The fourth-order valence-corrected chi connectivity index (χ4v) is 2.30. The summed E-state index contributed by atoms with van der Waals surface area (Å²) in [5, 5.41) is 8.92. The topological polar surface area (TPSA) is 33.0 Å². The zero-order valence-corrected chi connectivity index (χ0v) is 13.0. The van der Waals surface area contributed by atoms with Crippen LogP contribution in [-0.4, -0.2) is 6.61 Å². The van der Waals surface area contributed by atoms with E-state index >= 15 is 0 Å². The fourth-order valence-electron chi connectivity index (χ4n) is 1.56. The van der Waals surface area contributed by atoms with E-state index in [1.165, 1.54) is 0 Å². The van der Waals surface area contributed by atoms with Crippen LogP contribution in [-0.2, 0) is 5.88 Å². The molecular formula is C14H17BrClNO. The number of halogens is 2. The molecule has 0 aliphatic carbocycles. The molecule has 0 bridgehead atoms. The molecular weight excluding hydrogens is 314 g/mol. The maximum absolute atomic E-state index is 8.92. The lowest BCUT2D eigenvalue weighted by Crippen LogP contribution is -2.10. The Hall–Kier alpha value is -0.720. The van der Waals surface area contributed by atoms with E-state index in [2.05, 4.69) is 22.0 Å². The minimum atomic E-state index is -0.285. The highest BCUT2D eigenvalue weighted by atomic mass is 79.9. The van der Waals surface area contributed by atoms with E-state index < -0.39 is 0 Å². The molecule has 0 saturated carbocycles. The number of nitrogens with zero attached hydrogens (tertiary/aromatic N) is 1. The number of hydrogen-bond acceptors (Lipinski definition) is 2. The van der Waals surface area contributed by atoms with Crippen LogP contribution >= 0.6 is 27.5 Å². The predicted molar refractivity (Wildman–Crippen MR) is 77.8 cm³/mol. The molecule has 0 aromatic heterocycles. The third-order valence-corrected chi connectivity index (χ3v) is 3.60. The third kappa shape index (κ3) is 4.51. The van der Waals surface area contributed by atoms with E-state index in [0.717, 1.165) is 28.6 Å². The summed E-state index contributed by atoms with van der Waals surface area (Å²) in [6.45, 7) is 4.48. The van der Waals surface area contributed by atoms with Crippen molar-refractivity contribution in [2.24, 2.45) is 5.41 Å². The zero-order valence-electron chi connectivity index (χ0n) is 10.7. The van der Waals surface area contributed by atoms with Gasteiger partial charge >= 0.3 is 0 Å². The van der Waals surface area contributed by atoms with Crippen LogP contribution < -0.4 is 4.74 Å². The summed E-state index contributed by atoms with van der Waals surface area (Å²) < 4.78 is 6.67. The second kappa shape index (κ2) is 7.01. The zero-order chi connectivity index (χ0) is 13.6. The summed E-state index contributed by atoms with van der Waals surface area (Å²) in [6, 6.07) is 8.11. The molecule has 0 aliphatic rings. The lowest BCUT2D eigenvalue weighted by Gasteiger charge is -2.16. The molecule has 0 unspecified atom stereocenters. The summed E-state index contributed by atoms with van der Waals surface area (Å²) >= 11 is 9.33. The monoisotopic (exact) mass is 329 g/mol. The van der Waals surface area contributed by atoms with Gasteiger partial charge in [0.15, 0.2) is 0 Å². The Morgan fingerprint density at radius 2 is 2.17 bits per heavy atom. The molecule has 0 heterocycles. The Kier molecular flexibility index (Phi) is 5.98.